The van der Waals surface area contributed by atoms with Gasteiger partial charge in [0.1, 0.15) is 11.6 Å². The van der Waals surface area contributed by atoms with Crippen LogP contribution in [-0.4, -0.2) is 14.8 Å². The zero-order chi connectivity index (χ0) is 12.6. The highest BCUT2D eigenvalue weighted by Gasteiger charge is 2.24. The molecule has 90 valence electrons. The van der Waals surface area contributed by atoms with Crippen LogP contribution < -0.4 is 0 Å². The molecule has 0 aliphatic carbocycles. The number of rotatable bonds is 1. The lowest BCUT2D eigenvalue weighted by Crippen LogP contribution is -2.18. The molecule has 0 fully saturated rings. The summed E-state index contributed by atoms with van der Waals surface area (Å²) in [6.07, 6.45) is 0. The summed E-state index contributed by atoms with van der Waals surface area (Å²) >= 11 is 6.00. The Hall–Kier alpha value is -1.42. The summed E-state index contributed by atoms with van der Waals surface area (Å²) in [6, 6.07) is 6.20. The third-order valence-corrected chi connectivity index (χ3v) is 2.61. The van der Waals surface area contributed by atoms with Crippen LogP contribution in [0.5, 0.6) is 0 Å². The summed E-state index contributed by atoms with van der Waals surface area (Å²) in [5.74, 6) is 0.389. The summed E-state index contributed by atoms with van der Waals surface area (Å²) in [4.78, 5) is 0. The van der Waals surface area contributed by atoms with Gasteiger partial charge in [-0.3, -0.25) is 4.57 Å². The van der Waals surface area contributed by atoms with E-state index in [0.717, 1.165) is 0 Å². The Morgan fingerprint density at radius 2 is 1.94 bits per heavy atom. The molecule has 0 aliphatic rings. The average molecular weight is 254 g/mol. The molecular weight excluding hydrogens is 241 g/mol. The number of hydrogen-bond acceptors (Lipinski definition) is 2. The van der Waals surface area contributed by atoms with Crippen molar-refractivity contribution in [1.82, 2.24) is 14.8 Å². The van der Waals surface area contributed by atoms with Gasteiger partial charge in [0.25, 0.3) is 0 Å². The lowest BCUT2D eigenvalue weighted by atomic mass is 9.95. The minimum Gasteiger partial charge on any atom is -0.269 e. The van der Waals surface area contributed by atoms with Crippen LogP contribution in [0.2, 0.25) is 5.28 Å². The lowest BCUT2D eigenvalue weighted by Gasteiger charge is -2.18. The first-order valence-electron chi connectivity index (χ1n) is 5.27. The van der Waals surface area contributed by atoms with Gasteiger partial charge in [0.15, 0.2) is 0 Å². The molecule has 0 radical (unpaired) electrons. The standard InChI is InChI=1S/C12H13ClFN3/c1-12(2,3)10-15-16-11(13)17(10)9-6-4-5-8(14)7-9/h4-7H,1-3H3. The van der Waals surface area contributed by atoms with E-state index < -0.39 is 0 Å². The van der Waals surface area contributed by atoms with Gasteiger partial charge in [-0.25, -0.2) is 4.39 Å². The molecule has 3 nitrogen and oxygen atoms in total. The van der Waals surface area contributed by atoms with E-state index in [1.165, 1.54) is 12.1 Å². The summed E-state index contributed by atoms with van der Waals surface area (Å²) in [5, 5.41) is 8.13. The molecule has 2 rings (SSSR count). The van der Waals surface area contributed by atoms with Crippen molar-refractivity contribution in [2.24, 2.45) is 0 Å². The highest BCUT2D eigenvalue weighted by atomic mass is 35.5. The maximum absolute atomic E-state index is 13.2. The van der Waals surface area contributed by atoms with E-state index in [-0.39, 0.29) is 16.5 Å². The molecule has 0 bridgehead atoms. The molecular formula is C12H13ClFN3. The molecule has 0 atom stereocenters. The van der Waals surface area contributed by atoms with E-state index in [2.05, 4.69) is 10.2 Å². The molecule has 0 saturated heterocycles. The van der Waals surface area contributed by atoms with Gasteiger partial charge < -0.3 is 0 Å². The van der Waals surface area contributed by atoms with E-state index in [0.29, 0.717) is 11.5 Å². The molecule has 0 unspecified atom stereocenters. The van der Waals surface area contributed by atoms with Crippen LogP contribution in [0.1, 0.15) is 26.6 Å². The summed E-state index contributed by atoms with van der Waals surface area (Å²) in [7, 11) is 0. The Morgan fingerprint density at radius 3 is 2.53 bits per heavy atom. The molecule has 2 aromatic rings. The molecule has 0 saturated carbocycles. The summed E-state index contributed by atoms with van der Waals surface area (Å²) < 4.78 is 14.9. The van der Waals surface area contributed by atoms with E-state index in [4.69, 9.17) is 11.6 Å². The Labute approximate surface area is 104 Å². The molecule has 0 amide bonds. The maximum atomic E-state index is 13.2. The fourth-order valence-corrected chi connectivity index (χ4v) is 1.81. The lowest BCUT2D eigenvalue weighted by molar-refractivity contribution is 0.532. The van der Waals surface area contributed by atoms with Gasteiger partial charge in [-0.05, 0) is 29.8 Å². The molecule has 17 heavy (non-hydrogen) atoms. The second-order valence-corrected chi connectivity index (χ2v) is 5.20. The third kappa shape index (κ3) is 2.31. The SMILES string of the molecule is CC(C)(C)c1nnc(Cl)n1-c1cccc(F)c1. The van der Waals surface area contributed by atoms with Gasteiger partial charge in [-0.1, -0.05) is 26.8 Å². The monoisotopic (exact) mass is 253 g/mol. The van der Waals surface area contributed by atoms with E-state index in [1.54, 1.807) is 16.7 Å². The fourth-order valence-electron chi connectivity index (χ4n) is 1.59. The molecule has 0 aliphatic heterocycles. The average Bonchev–Trinajstić information content (AvgIpc) is 2.59. The first-order chi connectivity index (χ1) is 7.89. The van der Waals surface area contributed by atoms with Crippen molar-refractivity contribution < 1.29 is 4.39 Å². The highest BCUT2D eigenvalue weighted by molar-refractivity contribution is 6.28. The van der Waals surface area contributed by atoms with Crippen molar-refractivity contribution in [3.05, 3.63) is 41.2 Å². The van der Waals surface area contributed by atoms with Crippen LogP contribution in [0.15, 0.2) is 24.3 Å². The van der Waals surface area contributed by atoms with Gasteiger partial charge in [-0.2, -0.15) is 0 Å². The largest absolute Gasteiger partial charge is 0.269 e. The number of halogens is 2. The second kappa shape index (κ2) is 4.11. The fraction of sp³-hybridized carbons (Fsp3) is 0.333. The Balaban J connectivity index is 2.63. The minimum absolute atomic E-state index is 0.216. The molecule has 1 aromatic heterocycles. The van der Waals surface area contributed by atoms with E-state index in [1.807, 2.05) is 20.8 Å². The molecule has 1 aromatic carbocycles. The third-order valence-electron chi connectivity index (χ3n) is 2.36. The van der Waals surface area contributed by atoms with Crippen molar-refractivity contribution in [3.63, 3.8) is 0 Å². The van der Waals surface area contributed by atoms with Gasteiger partial charge in [0, 0.05) is 5.41 Å². The normalized spacial score (nSPS) is 11.8. The smallest absolute Gasteiger partial charge is 0.229 e. The van der Waals surface area contributed by atoms with E-state index in [9.17, 15) is 4.39 Å². The van der Waals surface area contributed by atoms with Crippen LogP contribution in [0.3, 0.4) is 0 Å². The molecule has 1 heterocycles. The van der Waals surface area contributed by atoms with Crippen LogP contribution in [-0.2, 0) is 5.41 Å². The minimum atomic E-state index is -0.313. The van der Waals surface area contributed by atoms with Crippen LogP contribution >= 0.6 is 11.6 Å². The maximum Gasteiger partial charge on any atom is 0.229 e. The molecule has 5 heteroatoms. The van der Waals surface area contributed by atoms with Crippen LogP contribution in [0.25, 0.3) is 5.69 Å². The van der Waals surface area contributed by atoms with Gasteiger partial charge in [0.2, 0.25) is 5.28 Å². The van der Waals surface area contributed by atoms with Gasteiger partial charge >= 0.3 is 0 Å². The first-order valence-corrected chi connectivity index (χ1v) is 5.65. The predicted octanol–water partition coefficient (Wildman–Crippen LogP) is 3.36. The van der Waals surface area contributed by atoms with Crippen molar-refractivity contribution in [2.45, 2.75) is 26.2 Å². The second-order valence-electron chi connectivity index (χ2n) is 4.86. The van der Waals surface area contributed by atoms with Crippen molar-refractivity contribution in [3.8, 4) is 5.69 Å². The number of hydrogen-bond donors (Lipinski definition) is 0. The van der Waals surface area contributed by atoms with Crippen LogP contribution in [0.4, 0.5) is 4.39 Å². The van der Waals surface area contributed by atoms with Gasteiger partial charge in [-0.15, -0.1) is 10.2 Å². The Kier molecular flexibility index (Phi) is 2.91. The van der Waals surface area contributed by atoms with Gasteiger partial charge in [0.05, 0.1) is 5.69 Å². The Bertz CT molecular complexity index is 543. The predicted molar refractivity (Wildman–Crippen MR) is 65.0 cm³/mol. The number of aromatic nitrogens is 3. The first kappa shape index (κ1) is 12.0. The summed E-state index contributed by atoms with van der Waals surface area (Å²) in [6.45, 7) is 6.01. The zero-order valence-corrected chi connectivity index (χ0v) is 10.7. The quantitative estimate of drug-likeness (QED) is 0.780. The molecule has 0 N–H and O–H groups in total. The zero-order valence-electron chi connectivity index (χ0n) is 9.91. The van der Waals surface area contributed by atoms with Crippen molar-refractivity contribution in [2.75, 3.05) is 0 Å². The number of benzene rings is 1. The van der Waals surface area contributed by atoms with Crippen molar-refractivity contribution in [1.29, 1.82) is 0 Å². The Morgan fingerprint density at radius 1 is 1.24 bits per heavy atom. The molecule has 0 spiro atoms. The highest BCUT2D eigenvalue weighted by Crippen LogP contribution is 2.26. The van der Waals surface area contributed by atoms with Crippen LogP contribution in [0, 0.1) is 5.82 Å². The van der Waals surface area contributed by atoms with E-state index >= 15 is 0 Å². The van der Waals surface area contributed by atoms with Crippen molar-refractivity contribution >= 4 is 11.6 Å². The summed E-state index contributed by atoms with van der Waals surface area (Å²) in [5.41, 5.74) is 0.414. The topological polar surface area (TPSA) is 30.7 Å². The number of nitrogens with zero attached hydrogens (tertiary/aromatic N) is 3.